The third-order valence-corrected chi connectivity index (χ3v) is 6.42. The molecule has 0 aromatic heterocycles. The summed E-state index contributed by atoms with van der Waals surface area (Å²) in [6, 6.07) is 1.79. The Morgan fingerprint density at radius 3 is 2.59 bits per heavy atom. The number of phenolic OH excluding ortho intramolecular Hbond substituents is 2. The largest absolute Gasteiger partial charge is 0.507 e. The van der Waals surface area contributed by atoms with Gasteiger partial charge in [-0.2, -0.15) is 0 Å². The van der Waals surface area contributed by atoms with Gasteiger partial charge in [-0.05, 0) is 63.5 Å². The third kappa shape index (κ3) is 6.30. The Hall–Kier alpha value is -2.43. The molecule has 1 aliphatic carbocycles. The van der Waals surface area contributed by atoms with Crippen molar-refractivity contribution >= 4 is 6.09 Å². The fourth-order valence-electron chi connectivity index (χ4n) is 4.57. The van der Waals surface area contributed by atoms with Crippen LogP contribution >= 0.6 is 0 Å². The molecule has 0 saturated heterocycles. The van der Waals surface area contributed by atoms with Crippen LogP contribution in [-0.4, -0.2) is 34.9 Å². The monoisotopic (exact) mass is 443 g/mol. The average molecular weight is 444 g/mol. The number of unbranched alkanes of at least 4 members (excludes halogenated alkanes) is 2. The number of hydrogen-bond donors (Lipinski definition) is 2. The van der Waals surface area contributed by atoms with Gasteiger partial charge < -0.3 is 19.8 Å². The average Bonchev–Trinajstić information content (AvgIpc) is 2.74. The predicted molar refractivity (Wildman–Crippen MR) is 130 cm³/mol. The van der Waals surface area contributed by atoms with Gasteiger partial charge in [0.2, 0.25) is 0 Å². The first-order valence-electron chi connectivity index (χ1n) is 12.0. The van der Waals surface area contributed by atoms with Gasteiger partial charge in [-0.15, -0.1) is 0 Å². The van der Waals surface area contributed by atoms with Gasteiger partial charge in [0, 0.05) is 24.1 Å². The van der Waals surface area contributed by atoms with E-state index < -0.39 is 6.09 Å². The summed E-state index contributed by atoms with van der Waals surface area (Å²) in [5.41, 5.74) is 4.42. The number of aryl methyl sites for hydroxylation is 1. The minimum Gasteiger partial charge on any atom is -0.507 e. The van der Waals surface area contributed by atoms with E-state index in [2.05, 4.69) is 26.5 Å². The molecule has 0 saturated carbocycles. The lowest BCUT2D eigenvalue weighted by atomic mass is 9.73. The van der Waals surface area contributed by atoms with E-state index in [0.717, 1.165) is 56.1 Å². The van der Waals surface area contributed by atoms with Crippen LogP contribution in [0.4, 0.5) is 4.79 Å². The second-order valence-corrected chi connectivity index (χ2v) is 9.25. The number of ether oxygens (including phenoxy) is 1. The molecule has 0 bridgehead atoms. The summed E-state index contributed by atoms with van der Waals surface area (Å²) in [5, 5.41) is 22.5. The van der Waals surface area contributed by atoms with Crippen LogP contribution in [0.15, 0.2) is 29.9 Å². The molecule has 0 aliphatic heterocycles. The first kappa shape index (κ1) is 25.8. The topological polar surface area (TPSA) is 70.0 Å². The summed E-state index contributed by atoms with van der Waals surface area (Å²) in [6.07, 6.45) is 8.29. The highest BCUT2D eigenvalue weighted by Crippen LogP contribution is 2.48. The maximum Gasteiger partial charge on any atom is 0.409 e. The van der Waals surface area contributed by atoms with Crippen molar-refractivity contribution < 1.29 is 19.7 Å². The molecule has 1 aromatic carbocycles. The molecule has 0 fully saturated rings. The Morgan fingerprint density at radius 2 is 1.97 bits per heavy atom. The molecule has 32 heavy (non-hydrogen) atoms. The molecule has 5 heteroatoms. The number of hydrogen-bond acceptors (Lipinski definition) is 4. The predicted octanol–water partition coefficient (Wildman–Crippen LogP) is 6.82. The molecular weight excluding hydrogens is 402 g/mol. The molecule has 178 valence electrons. The van der Waals surface area contributed by atoms with Crippen LogP contribution in [-0.2, 0) is 17.7 Å². The van der Waals surface area contributed by atoms with Gasteiger partial charge in [-0.25, -0.2) is 4.79 Å². The number of rotatable bonds is 10. The smallest absolute Gasteiger partial charge is 0.409 e. The van der Waals surface area contributed by atoms with Gasteiger partial charge in [-0.3, -0.25) is 0 Å². The normalized spacial score (nSPS) is 18.2. The van der Waals surface area contributed by atoms with Crippen LogP contribution in [0.25, 0.3) is 0 Å². The van der Waals surface area contributed by atoms with Crippen molar-refractivity contribution in [1.82, 2.24) is 4.90 Å². The lowest BCUT2D eigenvalue weighted by molar-refractivity contribution is 0.109. The Kier molecular flexibility index (Phi) is 9.67. The Bertz CT molecular complexity index is 843. The molecule has 1 aliphatic rings. The molecule has 0 spiro atoms. The van der Waals surface area contributed by atoms with Crippen molar-refractivity contribution in [2.45, 2.75) is 85.1 Å². The van der Waals surface area contributed by atoms with Crippen LogP contribution in [0.3, 0.4) is 0 Å². The fraction of sp³-hybridized carbons (Fsp3) is 0.593. The minimum atomic E-state index is -0.409. The first-order chi connectivity index (χ1) is 15.2. The van der Waals surface area contributed by atoms with Gasteiger partial charge in [0.15, 0.2) is 0 Å². The van der Waals surface area contributed by atoms with Crippen molar-refractivity contribution in [1.29, 1.82) is 0 Å². The summed E-state index contributed by atoms with van der Waals surface area (Å²) < 4.78 is 5.27. The molecule has 2 unspecified atom stereocenters. The van der Waals surface area contributed by atoms with Crippen molar-refractivity contribution in [2.24, 2.45) is 5.92 Å². The zero-order valence-electron chi connectivity index (χ0n) is 20.5. The van der Waals surface area contributed by atoms with Crippen molar-refractivity contribution in [3.05, 3.63) is 46.6 Å². The zero-order chi connectivity index (χ0) is 23.8. The van der Waals surface area contributed by atoms with Crippen LogP contribution in [0.5, 0.6) is 11.5 Å². The first-order valence-corrected chi connectivity index (χ1v) is 12.0. The van der Waals surface area contributed by atoms with E-state index in [4.69, 9.17) is 4.74 Å². The van der Waals surface area contributed by atoms with Gasteiger partial charge in [0.05, 0.1) is 13.2 Å². The Balaban J connectivity index is 2.52. The summed E-state index contributed by atoms with van der Waals surface area (Å²) in [5.74, 6) is 0.230. The van der Waals surface area contributed by atoms with E-state index >= 15 is 0 Å². The number of carbonyl (C=O) groups excluding carboxylic acids is 1. The number of nitrogens with zero attached hydrogens (tertiary/aromatic N) is 1. The standard InChI is InChI=1S/C27H41NO4/c1-7-9-10-11-20-16-24(29)25(22-15-19(5)12-13-21(22)18(3)4)26(30)23(20)17-28(6)27(31)32-14-8-2/h15-16,21-22,29-30H,3,7-14,17H2,1-2,4-6H3. The number of amides is 1. The summed E-state index contributed by atoms with van der Waals surface area (Å²) >= 11 is 0. The lowest BCUT2D eigenvalue weighted by Gasteiger charge is -2.32. The Labute approximate surface area is 193 Å². The molecule has 2 N–H and O–H groups in total. The number of carbonyl (C=O) groups is 1. The molecule has 2 atom stereocenters. The quantitative estimate of drug-likeness (QED) is 0.307. The maximum atomic E-state index is 12.4. The molecule has 1 amide bonds. The zero-order valence-corrected chi connectivity index (χ0v) is 20.5. The number of allylic oxidation sites excluding steroid dienone is 3. The lowest BCUT2D eigenvalue weighted by Crippen LogP contribution is -2.28. The van der Waals surface area contributed by atoms with Crippen LogP contribution in [0.1, 0.15) is 88.8 Å². The van der Waals surface area contributed by atoms with E-state index in [0.29, 0.717) is 17.7 Å². The second-order valence-electron chi connectivity index (χ2n) is 9.25. The SMILES string of the molecule is C=C(C)C1CCC(C)=CC1c1c(O)cc(CCCCC)c(CN(C)C(=O)OCCC)c1O. The number of benzene rings is 1. The molecule has 1 aromatic rings. The van der Waals surface area contributed by atoms with E-state index in [-0.39, 0.29) is 29.9 Å². The maximum absolute atomic E-state index is 12.4. The van der Waals surface area contributed by atoms with Gasteiger partial charge >= 0.3 is 6.09 Å². The second kappa shape index (κ2) is 12.0. The third-order valence-electron chi connectivity index (χ3n) is 6.42. The van der Waals surface area contributed by atoms with Crippen LogP contribution in [0, 0.1) is 5.92 Å². The number of phenols is 2. The van der Waals surface area contributed by atoms with E-state index in [9.17, 15) is 15.0 Å². The molecule has 0 heterocycles. The summed E-state index contributed by atoms with van der Waals surface area (Å²) in [4.78, 5) is 13.9. The van der Waals surface area contributed by atoms with E-state index in [1.807, 2.05) is 13.8 Å². The highest BCUT2D eigenvalue weighted by Gasteiger charge is 2.32. The van der Waals surface area contributed by atoms with Crippen molar-refractivity contribution in [2.75, 3.05) is 13.7 Å². The molecule has 2 rings (SSSR count). The molecule has 0 radical (unpaired) electrons. The van der Waals surface area contributed by atoms with Crippen LogP contribution in [0.2, 0.25) is 0 Å². The van der Waals surface area contributed by atoms with Crippen LogP contribution < -0.4 is 0 Å². The summed E-state index contributed by atoms with van der Waals surface area (Å²) in [7, 11) is 1.68. The summed E-state index contributed by atoms with van der Waals surface area (Å²) in [6.45, 7) is 13.0. The van der Waals surface area contributed by atoms with Gasteiger partial charge in [-0.1, -0.05) is 50.5 Å². The minimum absolute atomic E-state index is 0.0915. The van der Waals surface area contributed by atoms with Crippen molar-refractivity contribution in [3.63, 3.8) is 0 Å². The fourth-order valence-corrected chi connectivity index (χ4v) is 4.57. The van der Waals surface area contributed by atoms with E-state index in [1.165, 1.54) is 10.5 Å². The molecular formula is C27H41NO4. The molecule has 5 nitrogen and oxygen atoms in total. The number of aromatic hydroxyl groups is 2. The highest BCUT2D eigenvalue weighted by atomic mass is 16.6. The highest BCUT2D eigenvalue weighted by molar-refractivity contribution is 5.68. The van der Waals surface area contributed by atoms with Gasteiger partial charge in [0.1, 0.15) is 11.5 Å². The van der Waals surface area contributed by atoms with Gasteiger partial charge in [0.25, 0.3) is 0 Å². The van der Waals surface area contributed by atoms with E-state index in [1.54, 1.807) is 13.1 Å². The van der Waals surface area contributed by atoms with Crippen molar-refractivity contribution in [3.8, 4) is 11.5 Å². The Morgan fingerprint density at radius 1 is 1.25 bits per heavy atom.